The maximum Gasteiger partial charge on any atom is 0.164 e. The molecule has 50 heavy (non-hydrogen) atoms. The van der Waals surface area contributed by atoms with Crippen molar-refractivity contribution >= 4 is 10.8 Å². The zero-order valence-electron chi connectivity index (χ0n) is 26.7. The summed E-state index contributed by atoms with van der Waals surface area (Å²) in [6, 6.07) is 56.0. The Hall–Kier alpha value is -6.90. The van der Waals surface area contributed by atoms with Crippen LogP contribution in [0.5, 0.6) is 11.5 Å². The highest BCUT2D eigenvalue weighted by Crippen LogP contribution is 2.62. The number of ether oxygens (including phenoxy) is 1. The molecule has 0 fully saturated rings. The quantitative estimate of drug-likeness (QED) is 0.193. The molecule has 5 heteroatoms. The predicted octanol–water partition coefficient (Wildman–Crippen LogP) is 10.4. The number of nitriles is 1. The summed E-state index contributed by atoms with van der Waals surface area (Å²) in [5.74, 6) is 3.34. The number of benzene rings is 7. The lowest BCUT2D eigenvalue weighted by atomic mass is 9.65. The van der Waals surface area contributed by atoms with Crippen LogP contribution in [0.3, 0.4) is 0 Å². The molecule has 0 saturated carbocycles. The number of hydrogen-bond donors (Lipinski definition) is 0. The third kappa shape index (κ3) is 4.03. The minimum Gasteiger partial charge on any atom is -0.457 e. The fourth-order valence-electron chi connectivity index (χ4n) is 7.87. The summed E-state index contributed by atoms with van der Waals surface area (Å²) in [5.41, 5.74) is 9.08. The van der Waals surface area contributed by atoms with Gasteiger partial charge in [0.1, 0.15) is 11.5 Å². The lowest BCUT2D eigenvalue weighted by molar-refractivity contribution is 0.436. The minimum atomic E-state index is -0.729. The normalized spacial score (nSPS) is 15.0. The van der Waals surface area contributed by atoms with Gasteiger partial charge in [-0.1, -0.05) is 127 Å². The Morgan fingerprint density at radius 1 is 0.460 bits per heavy atom. The molecule has 0 amide bonds. The molecule has 0 bridgehead atoms. The monoisotopic (exact) mass is 638 g/mol. The summed E-state index contributed by atoms with van der Waals surface area (Å²) < 4.78 is 6.53. The van der Waals surface area contributed by atoms with Crippen LogP contribution < -0.4 is 4.74 Å². The molecule has 2 heterocycles. The molecule has 1 aliphatic carbocycles. The number of para-hydroxylation sites is 1. The maximum atomic E-state index is 10.0. The Morgan fingerprint density at radius 2 is 1.12 bits per heavy atom. The summed E-state index contributed by atoms with van der Waals surface area (Å²) >= 11 is 0. The summed E-state index contributed by atoms with van der Waals surface area (Å²) in [6.45, 7) is 0. The average molecular weight is 639 g/mol. The molecule has 10 rings (SSSR count). The first-order chi connectivity index (χ1) is 24.7. The van der Waals surface area contributed by atoms with E-state index in [4.69, 9.17) is 19.7 Å². The average Bonchev–Trinajstić information content (AvgIpc) is 3.48. The van der Waals surface area contributed by atoms with Crippen LogP contribution in [-0.4, -0.2) is 15.0 Å². The van der Waals surface area contributed by atoms with Crippen molar-refractivity contribution < 1.29 is 4.74 Å². The molecule has 0 N–H and O–H groups in total. The van der Waals surface area contributed by atoms with Gasteiger partial charge in [-0.25, -0.2) is 15.0 Å². The first-order valence-corrected chi connectivity index (χ1v) is 16.6. The minimum absolute atomic E-state index is 0.581. The molecule has 0 radical (unpaired) electrons. The molecule has 232 valence electrons. The molecule has 5 nitrogen and oxygen atoms in total. The van der Waals surface area contributed by atoms with Crippen LogP contribution in [0, 0.1) is 11.3 Å². The highest BCUT2D eigenvalue weighted by atomic mass is 16.5. The van der Waals surface area contributed by atoms with E-state index in [9.17, 15) is 5.26 Å². The van der Waals surface area contributed by atoms with Gasteiger partial charge < -0.3 is 4.74 Å². The third-order valence-corrected chi connectivity index (χ3v) is 10.0. The van der Waals surface area contributed by atoms with Crippen LogP contribution in [-0.2, 0) is 5.41 Å². The maximum absolute atomic E-state index is 10.0. The lowest BCUT2D eigenvalue weighted by Gasteiger charge is -2.39. The molecule has 1 atom stereocenters. The van der Waals surface area contributed by atoms with Crippen molar-refractivity contribution in [3.8, 4) is 62.9 Å². The lowest BCUT2D eigenvalue weighted by Crippen LogP contribution is -2.32. The highest BCUT2D eigenvalue weighted by Gasteiger charge is 2.51. The summed E-state index contributed by atoms with van der Waals surface area (Å²) in [4.78, 5) is 15.3. The van der Waals surface area contributed by atoms with E-state index in [1.807, 2.05) is 72.8 Å². The van der Waals surface area contributed by atoms with E-state index in [0.717, 1.165) is 72.3 Å². The molecule has 1 aliphatic heterocycles. The van der Waals surface area contributed by atoms with E-state index in [0.29, 0.717) is 23.0 Å². The van der Waals surface area contributed by atoms with E-state index < -0.39 is 5.41 Å². The molecular formula is C45H26N4O. The summed E-state index contributed by atoms with van der Waals surface area (Å²) in [6.07, 6.45) is 0. The fourth-order valence-corrected chi connectivity index (χ4v) is 7.87. The first kappa shape index (κ1) is 28.1. The van der Waals surface area contributed by atoms with Gasteiger partial charge in [-0.15, -0.1) is 0 Å². The predicted molar refractivity (Wildman–Crippen MR) is 196 cm³/mol. The zero-order valence-corrected chi connectivity index (χ0v) is 26.7. The van der Waals surface area contributed by atoms with Crippen LogP contribution in [0.4, 0.5) is 0 Å². The molecule has 7 aromatic carbocycles. The molecule has 2 aliphatic rings. The van der Waals surface area contributed by atoms with Crippen molar-refractivity contribution in [3.05, 3.63) is 186 Å². The van der Waals surface area contributed by atoms with Crippen LogP contribution in [0.2, 0.25) is 0 Å². The van der Waals surface area contributed by atoms with Gasteiger partial charge in [0.2, 0.25) is 0 Å². The van der Waals surface area contributed by atoms with E-state index in [2.05, 4.69) is 91.0 Å². The Morgan fingerprint density at radius 3 is 2.00 bits per heavy atom. The first-order valence-electron chi connectivity index (χ1n) is 16.6. The zero-order chi connectivity index (χ0) is 33.2. The van der Waals surface area contributed by atoms with Crippen molar-refractivity contribution in [2.45, 2.75) is 5.41 Å². The van der Waals surface area contributed by atoms with Crippen molar-refractivity contribution in [2.24, 2.45) is 0 Å². The van der Waals surface area contributed by atoms with E-state index in [1.165, 1.54) is 0 Å². The van der Waals surface area contributed by atoms with E-state index >= 15 is 0 Å². The molecule has 1 aromatic heterocycles. The second-order valence-corrected chi connectivity index (χ2v) is 12.7. The van der Waals surface area contributed by atoms with Gasteiger partial charge in [-0.05, 0) is 63.4 Å². The Bertz CT molecular complexity index is 2710. The topological polar surface area (TPSA) is 71.7 Å². The molecular weight excluding hydrogens is 613 g/mol. The molecule has 1 unspecified atom stereocenters. The van der Waals surface area contributed by atoms with Crippen molar-refractivity contribution in [1.29, 1.82) is 5.26 Å². The largest absolute Gasteiger partial charge is 0.457 e. The van der Waals surface area contributed by atoms with Crippen LogP contribution in [0.1, 0.15) is 27.8 Å². The molecule has 0 saturated heterocycles. The number of aromatic nitrogens is 3. The van der Waals surface area contributed by atoms with E-state index in [-0.39, 0.29) is 0 Å². The van der Waals surface area contributed by atoms with Crippen LogP contribution >= 0.6 is 0 Å². The second kappa shape index (κ2) is 10.8. The third-order valence-electron chi connectivity index (χ3n) is 10.0. The fraction of sp³-hybridized carbons (Fsp3) is 0.0222. The van der Waals surface area contributed by atoms with Gasteiger partial charge in [0.15, 0.2) is 17.5 Å². The van der Waals surface area contributed by atoms with E-state index in [1.54, 1.807) is 0 Å². The Kier molecular flexibility index (Phi) is 6.09. The summed E-state index contributed by atoms with van der Waals surface area (Å²) in [7, 11) is 0. The van der Waals surface area contributed by atoms with Crippen molar-refractivity contribution in [1.82, 2.24) is 15.0 Å². The van der Waals surface area contributed by atoms with Crippen molar-refractivity contribution in [3.63, 3.8) is 0 Å². The highest BCUT2D eigenvalue weighted by molar-refractivity contribution is 5.95. The van der Waals surface area contributed by atoms with Gasteiger partial charge in [0.05, 0.1) is 17.0 Å². The van der Waals surface area contributed by atoms with Gasteiger partial charge >= 0.3 is 0 Å². The number of hydrogen-bond acceptors (Lipinski definition) is 5. The summed E-state index contributed by atoms with van der Waals surface area (Å²) in [5, 5.41) is 12.2. The number of nitrogens with zero attached hydrogens (tertiary/aromatic N) is 4. The van der Waals surface area contributed by atoms with Crippen molar-refractivity contribution in [2.75, 3.05) is 0 Å². The van der Waals surface area contributed by atoms with Gasteiger partial charge in [0.25, 0.3) is 0 Å². The van der Waals surface area contributed by atoms with Gasteiger partial charge in [-0.2, -0.15) is 5.26 Å². The second-order valence-electron chi connectivity index (χ2n) is 12.7. The van der Waals surface area contributed by atoms with Crippen LogP contribution in [0.15, 0.2) is 158 Å². The molecule has 1 spiro atoms. The smallest absolute Gasteiger partial charge is 0.164 e. The Balaban J connectivity index is 1.26. The van der Waals surface area contributed by atoms with Gasteiger partial charge in [0, 0.05) is 27.8 Å². The number of rotatable bonds is 3. The van der Waals surface area contributed by atoms with Crippen LogP contribution in [0.25, 0.3) is 56.1 Å². The standard InChI is InChI=1S/C45H26N4O/c46-27-28-21-24-41-39(25-28)45(37-19-8-9-20-40(37)50-41)36-18-7-6-16-33(36)34-23-22-31(26-38(34)45)43-47-42(30-12-2-1-3-13-30)48-44(49-43)35-17-10-14-29-11-4-5-15-32(29)35/h1-26H. The molecule has 8 aromatic rings. The number of fused-ring (bicyclic) bond motifs is 10. The van der Waals surface area contributed by atoms with Gasteiger partial charge in [-0.3, -0.25) is 0 Å². The Labute approximate surface area is 288 Å². The SMILES string of the molecule is N#Cc1ccc2c(c1)C1(c3ccccc3O2)c2ccccc2-c2ccc(-c3nc(-c4ccccc4)nc(-c4cccc5ccccc45)n3)cc21.